The minimum Gasteiger partial charge on any atom is -0.376 e. The number of rotatable bonds is 7. The topological polar surface area (TPSA) is 113 Å². The van der Waals surface area contributed by atoms with Crippen molar-refractivity contribution in [1.82, 2.24) is 29.3 Å². The second-order valence-corrected chi connectivity index (χ2v) is 9.61. The lowest BCUT2D eigenvalue weighted by molar-refractivity contribution is -0.132. The molecule has 36 heavy (non-hydrogen) atoms. The second-order valence-electron chi connectivity index (χ2n) is 9.61. The molecule has 2 saturated heterocycles. The lowest BCUT2D eigenvalue weighted by Gasteiger charge is -2.33. The summed E-state index contributed by atoms with van der Waals surface area (Å²) in [6, 6.07) is 7.73. The number of para-hydroxylation sites is 2. The van der Waals surface area contributed by atoms with Crippen LogP contribution in [0.2, 0.25) is 0 Å². The van der Waals surface area contributed by atoms with Crippen LogP contribution in [-0.2, 0) is 9.53 Å². The third-order valence-corrected chi connectivity index (χ3v) is 7.14. The Bertz CT molecular complexity index is 1270. The standard InChI is InChI=1S/C26H32N6O4/c1-18-15-28-22(16-27-18)25(34)31(17-20-5-4-14-36-20)13-10-24(33)30-11-8-19(9-12-30)32-23-7-3-2-6-21(23)29-26(32)35/h2-3,6-7,15-16,19-20H,4-5,8-14,17H2,1H3,(H,29,35). The lowest BCUT2D eigenvalue weighted by Crippen LogP contribution is -2.43. The fraction of sp³-hybridized carbons (Fsp3) is 0.500. The molecule has 10 heteroatoms. The fourth-order valence-electron chi connectivity index (χ4n) is 5.17. The van der Waals surface area contributed by atoms with Gasteiger partial charge in [0, 0.05) is 51.4 Å². The van der Waals surface area contributed by atoms with Crippen molar-refractivity contribution in [3.63, 3.8) is 0 Å². The van der Waals surface area contributed by atoms with Gasteiger partial charge in [-0.1, -0.05) is 12.1 Å². The van der Waals surface area contributed by atoms with Gasteiger partial charge in [0.05, 0.1) is 29.0 Å². The summed E-state index contributed by atoms with van der Waals surface area (Å²) in [7, 11) is 0. The number of ether oxygens (including phenoxy) is 1. The number of fused-ring (bicyclic) bond motifs is 1. The van der Waals surface area contributed by atoms with Crippen LogP contribution < -0.4 is 5.69 Å². The van der Waals surface area contributed by atoms with E-state index in [1.807, 2.05) is 40.7 Å². The summed E-state index contributed by atoms with van der Waals surface area (Å²) in [6.07, 6.45) is 6.58. The molecule has 3 aromatic rings. The zero-order chi connectivity index (χ0) is 25.1. The maximum absolute atomic E-state index is 13.2. The second kappa shape index (κ2) is 10.6. The third kappa shape index (κ3) is 5.18. The number of nitrogens with zero attached hydrogens (tertiary/aromatic N) is 5. The molecule has 2 amide bonds. The van der Waals surface area contributed by atoms with E-state index in [4.69, 9.17) is 4.74 Å². The summed E-state index contributed by atoms with van der Waals surface area (Å²) in [5, 5.41) is 0. The average molecular weight is 493 g/mol. The van der Waals surface area contributed by atoms with E-state index in [1.54, 1.807) is 11.1 Å². The number of carbonyl (C=O) groups is 2. The number of imidazole rings is 1. The Balaban J connectivity index is 1.20. The third-order valence-electron chi connectivity index (χ3n) is 7.14. The zero-order valence-electron chi connectivity index (χ0n) is 20.6. The highest BCUT2D eigenvalue weighted by molar-refractivity contribution is 5.92. The van der Waals surface area contributed by atoms with Crippen LogP contribution in [0.1, 0.15) is 54.3 Å². The molecule has 2 aliphatic heterocycles. The van der Waals surface area contributed by atoms with Crippen LogP contribution >= 0.6 is 0 Å². The zero-order valence-corrected chi connectivity index (χ0v) is 20.6. The number of likely N-dealkylation sites (tertiary alicyclic amines) is 1. The molecule has 4 heterocycles. The molecule has 0 radical (unpaired) electrons. The molecule has 2 aromatic heterocycles. The quantitative estimate of drug-likeness (QED) is 0.542. The van der Waals surface area contributed by atoms with Gasteiger partial charge >= 0.3 is 5.69 Å². The smallest absolute Gasteiger partial charge is 0.326 e. The van der Waals surface area contributed by atoms with Crippen molar-refractivity contribution in [3.8, 4) is 0 Å². The molecule has 1 aromatic carbocycles. The molecule has 190 valence electrons. The summed E-state index contributed by atoms with van der Waals surface area (Å²) in [5.41, 5.74) is 2.63. The normalized spacial score (nSPS) is 18.6. The van der Waals surface area contributed by atoms with Crippen molar-refractivity contribution in [3.05, 3.63) is 58.5 Å². The van der Waals surface area contributed by atoms with Crippen LogP contribution in [0.3, 0.4) is 0 Å². The first-order valence-corrected chi connectivity index (χ1v) is 12.7. The Kier molecular flexibility index (Phi) is 7.13. The average Bonchev–Trinajstić information content (AvgIpc) is 3.53. The van der Waals surface area contributed by atoms with Crippen molar-refractivity contribution >= 4 is 22.8 Å². The summed E-state index contributed by atoms with van der Waals surface area (Å²) in [6.45, 7) is 4.42. The summed E-state index contributed by atoms with van der Waals surface area (Å²) < 4.78 is 7.56. The minimum absolute atomic E-state index is 0.0138. The number of benzene rings is 1. The number of hydrogen-bond donors (Lipinski definition) is 1. The number of carbonyl (C=O) groups excluding carboxylic acids is 2. The molecule has 10 nitrogen and oxygen atoms in total. The van der Waals surface area contributed by atoms with E-state index >= 15 is 0 Å². The lowest BCUT2D eigenvalue weighted by atomic mass is 10.0. The number of aromatic nitrogens is 4. The molecule has 0 bridgehead atoms. The van der Waals surface area contributed by atoms with Crippen molar-refractivity contribution in [2.45, 2.75) is 51.2 Å². The van der Waals surface area contributed by atoms with Gasteiger partial charge in [-0.2, -0.15) is 0 Å². The predicted octanol–water partition coefficient (Wildman–Crippen LogP) is 2.30. The van der Waals surface area contributed by atoms with Crippen LogP contribution in [0.5, 0.6) is 0 Å². The highest BCUT2D eigenvalue weighted by Gasteiger charge is 2.28. The Hall–Kier alpha value is -3.53. The number of piperidine rings is 1. The number of aromatic amines is 1. The van der Waals surface area contributed by atoms with Gasteiger partial charge in [0.1, 0.15) is 5.69 Å². The molecule has 1 unspecified atom stereocenters. The molecular weight excluding hydrogens is 460 g/mol. The van der Waals surface area contributed by atoms with Crippen LogP contribution in [0.4, 0.5) is 0 Å². The first-order chi connectivity index (χ1) is 17.5. The molecular formula is C26H32N6O4. The van der Waals surface area contributed by atoms with E-state index in [0.717, 1.165) is 29.6 Å². The van der Waals surface area contributed by atoms with E-state index in [9.17, 15) is 14.4 Å². The van der Waals surface area contributed by atoms with Crippen molar-refractivity contribution in [2.75, 3.05) is 32.8 Å². The van der Waals surface area contributed by atoms with E-state index in [2.05, 4.69) is 15.0 Å². The molecule has 5 rings (SSSR count). The van der Waals surface area contributed by atoms with E-state index in [1.165, 1.54) is 6.20 Å². The molecule has 0 spiro atoms. The number of nitrogens with one attached hydrogen (secondary N) is 1. The number of aryl methyl sites for hydroxylation is 1. The van der Waals surface area contributed by atoms with Gasteiger partial charge in [-0.25, -0.2) is 9.78 Å². The largest absolute Gasteiger partial charge is 0.376 e. The summed E-state index contributed by atoms with van der Waals surface area (Å²) in [4.78, 5) is 53.6. The van der Waals surface area contributed by atoms with Crippen molar-refractivity contribution in [2.24, 2.45) is 0 Å². The summed E-state index contributed by atoms with van der Waals surface area (Å²) >= 11 is 0. The number of hydrogen-bond acceptors (Lipinski definition) is 6. The molecule has 0 aliphatic carbocycles. The molecule has 1 atom stereocenters. The number of H-pyrrole nitrogens is 1. The van der Waals surface area contributed by atoms with Gasteiger partial charge in [0.25, 0.3) is 5.91 Å². The molecule has 2 aliphatic rings. The van der Waals surface area contributed by atoms with E-state index in [0.29, 0.717) is 45.6 Å². The van der Waals surface area contributed by atoms with Crippen molar-refractivity contribution < 1.29 is 14.3 Å². The highest BCUT2D eigenvalue weighted by atomic mass is 16.5. The predicted molar refractivity (Wildman–Crippen MR) is 134 cm³/mol. The Morgan fingerprint density at radius 3 is 2.67 bits per heavy atom. The molecule has 1 N–H and O–H groups in total. The van der Waals surface area contributed by atoms with Gasteiger partial charge in [-0.05, 0) is 44.7 Å². The maximum Gasteiger partial charge on any atom is 0.326 e. The van der Waals surface area contributed by atoms with Crippen LogP contribution in [0.15, 0.2) is 41.5 Å². The van der Waals surface area contributed by atoms with Gasteiger partial charge in [0.15, 0.2) is 0 Å². The van der Waals surface area contributed by atoms with E-state index < -0.39 is 0 Å². The van der Waals surface area contributed by atoms with E-state index in [-0.39, 0.29) is 41.8 Å². The van der Waals surface area contributed by atoms with Crippen LogP contribution in [0.25, 0.3) is 11.0 Å². The summed E-state index contributed by atoms with van der Waals surface area (Å²) in [5.74, 6) is -0.219. The first-order valence-electron chi connectivity index (χ1n) is 12.7. The van der Waals surface area contributed by atoms with Crippen LogP contribution in [0, 0.1) is 6.92 Å². The van der Waals surface area contributed by atoms with Crippen molar-refractivity contribution in [1.29, 1.82) is 0 Å². The Labute approximate surface area is 209 Å². The van der Waals surface area contributed by atoms with Gasteiger partial charge < -0.3 is 19.5 Å². The van der Waals surface area contributed by atoms with Crippen LogP contribution in [-0.4, -0.2) is 80.0 Å². The molecule has 0 saturated carbocycles. The SMILES string of the molecule is Cc1cnc(C(=O)N(CCC(=O)N2CCC(n3c(=O)[nH]c4ccccc43)CC2)CC2CCCO2)cn1. The number of amides is 2. The molecule has 2 fully saturated rings. The minimum atomic E-state index is -0.233. The monoisotopic (exact) mass is 492 g/mol. The van der Waals surface area contributed by atoms with Gasteiger partial charge in [0.2, 0.25) is 5.91 Å². The van der Waals surface area contributed by atoms with Gasteiger partial charge in [-0.3, -0.25) is 19.1 Å². The highest BCUT2D eigenvalue weighted by Crippen LogP contribution is 2.25. The van der Waals surface area contributed by atoms with Gasteiger partial charge in [-0.15, -0.1) is 0 Å². The fourth-order valence-corrected chi connectivity index (χ4v) is 5.17. The first kappa shape index (κ1) is 24.2. The maximum atomic E-state index is 13.2. The Morgan fingerprint density at radius 1 is 1.14 bits per heavy atom. The Morgan fingerprint density at radius 2 is 1.94 bits per heavy atom.